The van der Waals surface area contributed by atoms with Crippen LogP contribution in [0.3, 0.4) is 0 Å². The summed E-state index contributed by atoms with van der Waals surface area (Å²) in [6, 6.07) is 22.1. The fourth-order valence-corrected chi connectivity index (χ4v) is 3.65. The maximum Gasteiger partial charge on any atom is 0.234 e. The molecule has 0 saturated heterocycles. The molecule has 0 aliphatic carbocycles. The number of nitrogens with zero attached hydrogens (tertiary/aromatic N) is 3. The van der Waals surface area contributed by atoms with E-state index in [0.717, 1.165) is 29.4 Å². The van der Waals surface area contributed by atoms with Gasteiger partial charge >= 0.3 is 0 Å². The van der Waals surface area contributed by atoms with Gasteiger partial charge in [0.05, 0.1) is 5.75 Å². The summed E-state index contributed by atoms with van der Waals surface area (Å²) < 4.78 is 28.5. The molecule has 0 bridgehead atoms. The number of nitrogens with one attached hydrogen (secondary N) is 1. The molecule has 0 radical (unpaired) electrons. The van der Waals surface area contributed by atoms with Gasteiger partial charge in [0.15, 0.2) is 11.0 Å². The van der Waals surface area contributed by atoms with Gasteiger partial charge in [-0.25, -0.2) is 8.78 Å². The standard InChI is InChI=1S/C22H16F2N4OS/c23-16-11-17(24)13-18(12-16)25-20(29)14-30-22-27-26-21(15-7-3-1-4-8-15)28(22)19-9-5-2-6-10-19/h1-13H,14H2,(H,25,29). The highest BCUT2D eigenvalue weighted by Gasteiger charge is 2.17. The summed E-state index contributed by atoms with van der Waals surface area (Å²) in [5.41, 5.74) is 1.81. The molecule has 0 aliphatic rings. The van der Waals surface area contributed by atoms with Gasteiger partial charge in [-0.1, -0.05) is 60.3 Å². The van der Waals surface area contributed by atoms with Gasteiger partial charge < -0.3 is 5.32 Å². The molecule has 0 atom stereocenters. The minimum Gasteiger partial charge on any atom is -0.325 e. The number of aromatic nitrogens is 3. The van der Waals surface area contributed by atoms with Crippen LogP contribution in [0.15, 0.2) is 84.0 Å². The van der Waals surface area contributed by atoms with Gasteiger partial charge in [-0.3, -0.25) is 9.36 Å². The van der Waals surface area contributed by atoms with E-state index in [1.54, 1.807) is 0 Å². The van der Waals surface area contributed by atoms with Crippen LogP contribution < -0.4 is 5.32 Å². The third kappa shape index (κ3) is 4.55. The zero-order valence-electron chi connectivity index (χ0n) is 15.6. The quantitative estimate of drug-likeness (QED) is 0.447. The Morgan fingerprint density at radius 3 is 2.20 bits per heavy atom. The van der Waals surface area contributed by atoms with Crippen LogP contribution in [0.1, 0.15) is 0 Å². The highest BCUT2D eigenvalue weighted by atomic mass is 32.2. The minimum atomic E-state index is -0.755. The van der Waals surface area contributed by atoms with Crippen molar-refractivity contribution in [3.63, 3.8) is 0 Å². The molecule has 1 aromatic heterocycles. The SMILES string of the molecule is O=C(CSc1nnc(-c2ccccc2)n1-c1ccccc1)Nc1cc(F)cc(F)c1. The number of anilines is 1. The van der Waals surface area contributed by atoms with Crippen LogP contribution in [0.25, 0.3) is 17.1 Å². The van der Waals surface area contributed by atoms with Crippen molar-refractivity contribution in [2.45, 2.75) is 5.16 Å². The number of thioether (sulfide) groups is 1. The Morgan fingerprint density at radius 2 is 1.53 bits per heavy atom. The summed E-state index contributed by atoms with van der Waals surface area (Å²) in [4.78, 5) is 12.3. The third-order valence-corrected chi connectivity index (χ3v) is 5.09. The molecule has 1 amide bonds. The number of hydrogen-bond acceptors (Lipinski definition) is 4. The molecule has 0 spiro atoms. The van der Waals surface area contributed by atoms with E-state index in [9.17, 15) is 13.6 Å². The van der Waals surface area contributed by atoms with Crippen molar-refractivity contribution in [2.24, 2.45) is 0 Å². The van der Waals surface area contributed by atoms with Gasteiger partial charge in [0.25, 0.3) is 0 Å². The summed E-state index contributed by atoms with van der Waals surface area (Å²) in [6.07, 6.45) is 0. The van der Waals surface area contributed by atoms with E-state index in [-0.39, 0.29) is 11.4 Å². The number of benzene rings is 3. The molecule has 1 heterocycles. The lowest BCUT2D eigenvalue weighted by Crippen LogP contribution is -2.15. The zero-order chi connectivity index (χ0) is 20.9. The van der Waals surface area contributed by atoms with Crippen LogP contribution in [-0.2, 0) is 4.79 Å². The molecule has 5 nitrogen and oxygen atoms in total. The van der Waals surface area contributed by atoms with Crippen molar-refractivity contribution in [2.75, 3.05) is 11.1 Å². The van der Waals surface area contributed by atoms with Crippen LogP contribution in [-0.4, -0.2) is 26.4 Å². The van der Waals surface area contributed by atoms with Crippen molar-refractivity contribution in [1.29, 1.82) is 0 Å². The summed E-state index contributed by atoms with van der Waals surface area (Å²) in [7, 11) is 0. The topological polar surface area (TPSA) is 59.8 Å². The Bertz CT molecular complexity index is 1150. The first kappa shape index (κ1) is 19.8. The molecule has 0 fully saturated rings. The van der Waals surface area contributed by atoms with Crippen LogP contribution in [0.2, 0.25) is 0 Å². The van der Waals surface area contributed by atoms with Crippen LogP contribution >= 0.6 is 11.8 Å². The summed E-state index contributed by atoms with van der Waals surface area (Å²) >= 11 is 1.18. The number of halogens is 2. The molecular formula is C22H16F2N4OS. The molecule has 4 rings (SSSR count). The molecule has 8 heteroatoms. The first-order valence-electron chi connectivity index (χ1n) is 9.05. The number of rotatable bonds is 6. The maximum absolute atomic E-state index is 13.3. The summed E-state index contributed by atoms with van der Waals surface area (Å²) in [6.45, 7) is 0. The van der Waals surface area contributed by atoms with E-state index >= 15 is 0 Å². The second kappa shape index (κ2) is 8.87. The zero-order valence-corrected chi connectivity index (χ0v) is 16.4. The van der Waals surface area contributed by atoms with Crippen LogP contribution in [0.5, 0.6) is 0 Å². The van der Waals surface area contributed by atoms with E-state index in [1.807, 2.05) is 65.2 Å². The molecule has 30 heavy (non-hydrogen) atoms. The van der Waals surface area contributed by atoms with Crippen molar-refractivity contribution in [3.05, 3.63) is 90.5 Å². The lowest BCUT2D eigenvalue weighted by atomic mass is 10.2. The minimum absolute atomic E-state index is 0.00209. The average molecular weight is 422 g/mol. The highest BCUT2D eigenvalue weighted by Crippen LogP contribution is 2.28. The Hall–Kier alpha value is -3.52. The van der Waals surface area contributed by atoms with Gasteiger partial charge in [-0.15, -0.1) is 10.2 Å². The number of para-hydroxylation sites is 1. The monoisotopic (exact) mass is 422 g/mol. The third-order valence-electron chi connectivity index (χ3n) is 4.16. The molecule has 4 aromatic rings. The van der Waals surface area contributed by atoms with Crippen LogP contribution in [0.4, 0.5) is 14.5 Å². The van der Waals surface area contributed by atoms with Gasteiger partial charge in [0.1, 0.15) is 11.6 Å². The predicted molar refractivity (Wildman–Crippen MR) is 113 cm³/mol. The number of carbonyl (C=O) groups excluding carboxylic acids is 1. The second-order valence-corrected chi connectivity index (χ2v) is 7.28. The second-order valence-electron chi connectivity index (χ2n) is 6.34. The first-order chi connectivity index (χ1) is 14.6. The molecule has 0 saturated carbocycles. The number of amides is 1. The molecule has 150 valence electrons. The summed E-state index contributed by atoms with van der Waals surface area (Å²) in [5.74, 6) is -1.27. The number of carbonyl (C=O) groups is 1. The van der Waals surface area contributed by atoms with E-state index in [2.05, 4.69) is 15.5 Å². The number of hydrogen-bond donors (Lipinski definition) is 1. The fourth-order valence-electron chi connectivity index (χ4n) is 2.90. The smallest absolute Gasteiger partial charge is 0.234 e. The Labute approximate surface area is 175 Å². The lowest BCUT2D eigenvalue weighted by Gasteiger charge is -2.10. The largest absolute Gasteiger partial charge is 0.325 e. The van der Waals surface area contributed by atoms with Crippen LogP contribution in [0, 0.1) is 11.6 Å². The van der Waals surface area contributed by atoms with Gasteiger partial charge in [-0.2, -0.15) is 0 Å². The van der Waals surface area contributed by atoms with Crippen molar-refractivity contribution in [3.8, 4) is 17.1 Å². The first-order valence-corrected chi connectivity index (χ1v) is 10.0. The van der Waals surface area contributed by atoms with Gasteiger partial charge in [-0.05, 0) is 24.3 Å². The van der Waals surface area contributed by atoms with E-state index in [1.165, 1.54) is 11.8 Å². The van der Waals surface area contributed by atoms with Crippen molar-refractivity contribution in [1.82, 2.24) is 14.8 Å². The average Bonchev–Trinajstić information content (AvgIpc) is 3.17. The molecule has 1 N–H and O–H groups in total. The summed E-state index contributed by atoms with van der Waals surface area (Å²) in [5, 5.41) is 11.6. The van der Waals surface area contributed by atoms with Crippen molar-refractivity contribution >= 4 is 23.4 Å². The molecule has 3 aromatic carbocycles. The van der Waals surface area contributed by atoms with Crippen molar-refractivity contribution < 1.29 is 13.6 Å². The maximum atomic E-state index is 13.3. The van der Waals surface area contributed by atoms with Gasteiger partial charge in [0.2, 0.25) is 5.91 Å². The molecule has 0 aliphatic heterocycles. The molecule has 0 unspecified atom stereocenters. The Morgan fingerprint density at radius 1 is 0.900 bits per heavy atom. The Kier molecular flexibility index (Phi) is 5.85. The van der Waals surface area contributed by atoms with E-state index in [0.29, 0.717) is 11.0 Å². The molecular weight excluding hydrogens is 406 g/mol. The predicted octanol–water partition coefficient (Wildman–Crippen LogP) is 4.94. The van der Waals surface area contributed by atoms with E-state index in [4.69, 9.17) is 0 Å². The Balaban J connectivity index is 1.57. The highest BCUT2D eigenvalue weighted by molar-refractivity contribution is 7.99. The fraction of sp³-hybridized carbons (Fsp3) is 0.0455. The normalized spacial score (nSPS) is 10.7. The van der Waals surface area contributed by atoms with Gasteiger partial charge in [0, 0.05) is 23.0 Å². The van der Waals surface area contributed by atoms with E-state index < -0.39 is 17.5 Å². The lowest BCUT2D eigenvalue weighted by molar-refractivity contribution is -0.113.